The summed E-state index contributed by atoms with van der Waals surface area (Å²) in [7, 11) is 0. The van der Waals surface area contributed by atoms with Crippen molar-refractivity contribution in [1.82, 2.24) is 20.8 Å². The van der Waals surface area contributed by atoms with Crippen molar-refractivity contribution >= 4 is 23.6 Å². The van der Waals surface area contributed by atoms with Crippen molar-refractivity contribution in [1.29, 1.82) is 0 Å². The lowest BCUT2D eigenvalue weighted by Crippen LogP contribution is -2.31. The summed E-state index contributed by atoms with van der Waals surface area (Å²) >= 11 is 1.54. The molecule has 0 spiro atoms. The van der Waals surface area contributed by atoms with Crippen LogP contribution < -0.4 is 10.8 Å². The molecule has 0 bridgehead atoms. The van der Waals surface area contributed by atoms with E-state index in [2.05, 4.69) is 15.3 Å². The Kier molecular flexibility index (Phi) is 11.4. The number of hydroxylamine groups is 1. The smallest absolute Gasteiger partial charge is 0.243 e. The van der Waals surface area contributed by atoms with Crippen LogP contribution in [0.2, 0.25) is 0 Å². The largest absolute Gasteiger partial charge is 0.392 e. The van der Waals surface area contributed by atoms with E-state index in [9.17, 15) is 14.7 Å². The van der Waals surface area contributed by atoms with Crippen LogP contribution in [0.25, 0.3) is 0 Å². The number of rotatable bonds is 13. The average Bonchev–Trinajstić information content (AvgIpc) is 3.01. The number of ether oxygens (including phenoxy) is 2. The van der Waals surface area contributed by atoms with Crippen molar-refractivity contribution < 1.29 is 29.4 Å². The van der Waals surface area contributed by atoms with Gasteiger partial charge in [0.05, 0.1) is 18.8 Å². The van der Waals surface area contributed by atoms with Gasteiger partial charge in [0.15, 0.2) is 11.4 Å². The van der Waals surface area contributed by atoms with Gasteiger partial charge in [0, 0.05) is 49.5 Å². The Labute approximate surface area is 237 Å². The predicted molar refractivity (Wildman–Crippen MR) is 148 cm³/mol. The zero-order valence-electron chi connectivity index (χ0n) is 22.1. The molecule has 1 saturated heterocycles. The van der Waals surface area contributed by atoms with Crippen molar-refractivity contribution in [2.75, 3.05) is 5.75 Å². The molecule has 0 aliphatic carbocycles. The van der Waals surface area contributed by atoms with Gasteiger partial charge in [0.1, 0.15) is 0 Å². The van der Waals surface area contributed by atoms with Gasteiger partial charge in [-0.3, -0.25) is 14.8 Å². The zero-order chi connectivity index (χ0) is 28.2. The van der Waals surface area contributed by atoms with Crippen LogP contribution in [0.15, 0.2) is 72.1 Å². The number of aromatic nitrogens is 2. The molecule has 2 amide bonds. The van der Waals surface area contributed by atoms with E-state index in [0.29, 0.717) is 43.1 Å². The number of hydrogen-bond donors (Lipinski definition) is 4. The number of unbranched alkanes of at least 4 members (excludes halogenated alkanes) is 1. The van der Waals surface area contributed by atoms with Crippen LogP contribution in [0, 0.1) is 0 Å². The summed E-state index contributed by atoms with van der Waals surface area (Å²) in [6, 6.07) is 17.3. The Morgan fingerprint density at radius 3 is 2.23 bits per heavy atom. The van der Waals surface area contributed by atoms with Crippen molar-refractivity contribution in [3.63, 3.8) is 0 Å². The van der Waals surface area contributed by atoms with Gasteiger partial charge in [-0.1, -0.05) is 60.3 Å². The molecular weight excluding hydrogens is 532 g/mol. The zero-order valence-corrected chi connectivity index (χ0v) is 22.9. The number of thioether (sulfide) groups is 1. The third kappa shape index (κ3) is 9.10. The second kappa shape index (κ2) is 15.4. The van der Waals surface area contributed by atoms with Crippen LogP contribution in [0.1, 0.15) is 66.8 Å². The highest BCUT2D eigenvalue weighted by atomic mass is 32.2. The fourth-order valence-corrected chi connectivity index (χ4v) is 5.08. The summed E-state index contributed by atoms with van der Waals surface area (Å²) in [5.41, 5.74) is 5.27. The first kappa shape index (κ1) is 29.6. The normalized spacial score (nSPS) is 18.7. The first-order valence-corrected chi connectivity index (χ1v) is 14.2. The van der Waals surface area contributed by atoms with Crippen LogP contribution in [0.4, 0.5) is 0 Å². The molecule has 10 nitrogen and oxygen atoms in total. The number of hydrogen-bond acceptors (Lipinski definition) is 9. The maximum atomic E-state index is 12.1. The van der Waals surface area contributed by atoms with E-state index in [0.717, 1.165) is 22.3 Å². The molecule has 1 aliphatic heterocycles. The van der Waals surface area contributed by atoms with E-state index in [1.165, 1.54) is 0 Å². The summed E-state index contributed by atoms with van der Waals surface area (Å²) in [6.07, 6.45) is 4.85. The number of amides is 2. The minimum Gasteiger partial charge on any atom is -0.392 e. The molecule has 2 heterocycles. The molecule has 2 aromatic carbocycles. The number of carbonyl (C=O) groups is 2. The van der Waals surface area contributed by atoms with Crippen molar-refractivity contribution in [3.05, 3.63) is 89.2 Å². The molecule has 1 fully saturated rings. The van der Waals surface area contributed by atoms with Gasteiger partial charge in [0.2, 0.25) is 11.8 Å². The van der Waals surface area contributed by atoms with Gasteiger partial charge >= 0.3 is 0 Å². The van der Waals surface area contributed by atoms with Gasteiger partial charge in [-0.2, -0.15) is 0 Å². The van der Waals surface area contributed by atoms with Gasteiger partial charge in [-0.05, 0) is 35.6 Å². The molecule has 212 valence electrons. The number of carbonyl (C=O) groups excluding carboxylic acids is 2. The first-order valence-electron chi connectivity index (χ1n) is 13.2. The summed E-state index contributed by atoms with van der Waals surface area (Å²) in [5, 5.41) is 21.5. The molecule has 3 atom stereocenters. The second-order valence-corrected chi connectivity index (χ2v) is 10.4. The Morgan fingerprint density at radius 2 is 1.55 bits per heavy atom. The van der Waals surface area contributed by atoms with E-state index >= 15 is 0 Å². The SMILES string of the molecule is O=C(CCCCC(=O)NCc1ccc([C@@H]2O[C@H](CSc3ncccn3)C[C@H](c3ccc(CO)cc3)O2)cc1)NO. The maximum absolute atomic E-state index is 12.1. The van der Waals surface area contributed by atoms with Gasteiger partial charge in [0.25, 0.3) is 0 Å². The Bertz CT molecular complexity index is 1210. The quantitative estimate of drug-likeness (QED) is 0.0794. The van der Waals surface area contributed by atoms with E-state index in [1.807, 2.05) is 48.5 Å². The lowest BCUT2D eigenvalue weighted by Gasteiger charge is -2.36. The molecule has 3 aromatic rings. The van der Waals surface area contributed by atoms with E-state index < -0.39 is 12.2 Å². The highest BCUT2D eigenvalue weighted by Crippen LogP contribution is 2.39. The summed E-state index contributed by atoms with van der Waals surface area (Å²) in [6.45, 7) is 0.378. The molecule has 4 N–H and O–H groups in total. The second-order valence-electron chi connectivity index (χ2n) is 9.45. The molecule has 0 unspecified atom stereocenters. The lowest BCUT2D eigenvalue weighted by atomic mass is 10.0. The number of nitrogens with one attached hydrogen (secondary N) is 2. The van der Waals surface area contributed by atoms with Crippen LogP contribution in [-0.2, 0) is 32.2 Å². The van der Waals surface area contributed by atoms with Gasteiger partial charge in [-0.25, -0.2) is 15.4 Å². The molecule has 1 aromatic heterocycles. The fourth-order valence-electron chi connectivity index (χ4n) is 4.26. The van der Waals surface area contributed by atoms with E-state index in [4.69, 9.17) is 14.7 Å². The number of aliphatic hydroxyl groups is 1. The Balaban J connectivity index is 1.35. The topological polar surface area (TPSA) is 143 Å². The number of aliphatic hydroxyl groups excluding tert-OH is 1. The Hall–Kier alpha value is -3.35. The van der Waals surface area contributed by atoms with Crippen molar-refractivity contribution in [2.24, 2.45) is 0 Å². The summed E-state index contributed by atoms with van der Waals surface area (Å²) in [5.74, 6) is 0.127. The highest BCUT2D eigenvalue weighted by Gasteiger charge is 2.32. The minimum atomic E-state index is -0.571. The first-order chi connectivity index (χ1) is 19.5. The van der Waals surface area contributed by atoms with Crippen LogP contribution >= 0.6 is 11.8 Å². The molecular formula is C29H34N4O6S. The van der Waals surface area contributed by atoms with Gasteiger partial charge in [-0.15, -0.1) is 0 Å². The minimum absolute atomic E-state index is 0.00989. The molecule has 11 heteroatoms. The number of nitrogens with zero attached hydrogens (tertiary/aromatic N) is 2. The van der Waals surface area contributed by atoms with E-state index in [-0.39, 0.29) is 31.1 Å². The van der Waals surface area contributed by atoms with E-state index in [1.54, 1.807) is 35.7 Å². The van der Waals surface area contributed by atoms with Crippen LogP contribution in [0.5, 0.6) is 0 Å². The predicted octanol–water partition coefficient (Wildman–Crippen LogP) is 3.99. The molecule has 4 rings (SSSR count). The van der Waals surface area contributed by atoms with Crippen molar-refractivity contribution in [3.8, 4) is 0 Å². The van der Waals surface area contributed by atoms with Crippen LogP contribution in [0.3, 0.4) is 0 Å². The molecule has 1 aliphatic rings. The van der Waals surface area contributed by atoms with Crippen LogP contribution in [-0.4, -0.2) is 44.0 Å². The summed E-state index contributed by atoms with van der Waals surface area (Å²) < 4.78 is 12.7. The third-order valence-corrected chi connectivity index (χ3v) is 7.49. The lowest BCUT2D eigenvalue weighted by molar-refractivity contribution is -0.245. The summed E-state index contributed by atoms with van der Waals surface area (Å²) in [4.78, 5) is 31.8. The Morgan fingerprint density at radius 1 is 0.900 bits per heavy atom. The standard InChI is InChI=1S/C29H34N4O6S/c34-18-21-8-10-22(11-9-21)25-16-24(19-40-29-30-14-3-15-31-29)38-28(39-25)23-12-6-20(7-13-23)17-32-26(35)4-1-2-5-27(36)33-37/h3,6-15,24-25,28,34,37H,1-2,4-5,16-19H2,(H,32,35)(H,33,36)/t24-,25+,28+/m0/s1. The monoisotopic (exact) mass is 566 g/mol. The van der Waals surface area contributed by atoms with Crippen molar-refractivity contribution in [2.45, 2.75) is 68.9 Å². The van der Waals surface area contributed by atoms with Gasteiger partial charge < -0.3 is 19.9 Å². The average molecular weight is 567 g/mol. The maximum Gasteiger partial charge on any atom is 0.243 e. The molecule has 0 radical (unpaired) electrons. The molecule has 0 saturated carbocycles. The highest BCUT2D eigenvalue weighted by molar-refractivity contribution is 7.99. The number of benzene rings is 2. The third-order valence-electron chi connectivity index (χ3n) is 6.48. The fraction of sp³-hybridized carbons (Fsp3) is 0.379. The molecule has 40 heavy (non-hydrogen) atoms.